The summed E-state index contributed by atoms with van der Waals surface area (Å²) in [5, 5.41) is 5.54. The molecule has 0 aliphatic carbocycles. The summed E-state index contributed by atoms with van der Waals surface area (Å²) in [6.07, 6.45) is 1.99. The average molecular weight is 363 g/mol. The third kappa shape index (κ3) is 2.96. The molecular formula is C26H22Si. The van der Waals surface area contributed by atoms with Crippen LogP contribution in [0.1, 0.15) is 5.56 Å². The predicted octanol–water partition coefficient (Wildman–Crippen LogP) is 3.71. The summed E-state index contributed by atoms with van der Waals surface area (Å²) in [6, 6.07) is 41.6. The Morgan fingerprint density at radius 1 is 0.481 bits per heavy atom. The van der Waals surface area contributed by atoms with E-state index in [2.05, 4.69) is 122 Å². The minimum absolute atomic E-state index is 1.21. The van der Waals surface area contributed by atoms with Gasteiger partial charge in [-0.2, -0.15) is 0 Å². The van der Waals surface area contributed by atoms with Crippen LogP contribution in [0, 0.1) is 0 Å². The summed E-state index contributed by atoms with van der Waals surface area (Å²) in [7, 11) is -2.44. The minimum Gasteiger partial charge on any atom is -0.0985 e. The van der Waals surface area contributed by atoms with Gasteiger partial charge in [0, 0.05) is 0 Å². The van der Waals surface area contributed by atoms with Gasteiger partial charge >= 0.3 is 0 Å². The molecule has 4 aromatic rings. The minimum atomic E-state index is -2.44. The van der Waals surface area contributed by atoms with Crippen LogP contribution in [0.4, 0.5) is 0 Å². The van der Waals surface area contributed by atoms with Gasteiger partial charge in [-0.05, 0) is 26.3 Å². The third-order valence-electron chi connectivity index (χ3n) is 5.21. The molecule has 0 fully saturated rings. The van der Waals surface area contributed by atoms with Gasteiger partial charge < -0.3 is 0 Å². The van der Waals surface area contributed by atoms with E-state index in [1.165, 1.54) is 26.3 Å². The van der Waals surface area contributed by atoms with Crippen molar-refractivity contribution < 1.29 is 0 Å². The molecule has 4 rings (SSSR count). The van der Waals surface area contributed by atoms with Gasteiger partial charge in [0.05, 0.1) is 0 Å². The molecule has 0 radical (unpaired) electrons. The highest BCUT2D eigenvalue weighted by molar-refractivity contribution is 7.20. The van der Waals surface area contributed by atoms with Gasteiger partial charge in [0.2, 0.25) is 0 Å². The SMILES string of the molecule is C=Cc1ccccc1[Si](c1ccccc1)(c1ccccc1)c1ccccc1. The Morgan fingerprint density at radius 2 is 0.852 bits per heavy atom. The van der Waals surface area contributed by atoms with Crippen LogP contribution in [-0.4, -0.2) is 8.07 Å². The standard InChI is InChI=1S/C26H22Si/c1-2-22-14-12-13-21-26(22)27(23-15-6-3-7-16-23,24-17-8-4-9-18-24)25-19-10-5-11-20-25/h2-21H,1H2. The van der Waals surface area contributed by atoms with Crippen LogP contribution in [0.5, 0.6) is 0 Å². The molecule has 0 nitrogen and oxygen atoms in total. The lowest BCUT2D eigenvalue weighted by Gasteiger charge is -2.35. The van der Waals surface area contributed by atoms with E-state index in [9.17, 15) is 0 Å². The maximum absolute atomic E-state index is 4.11. The summed E-state index contributed by atoms with van der Waals surface area (Å²) in [6.45, 7) is 4.11. The average Bonchev–Trinajstić information content (AvgIpc) is 2.77. The zero-order chi connectivity index (χ0) is 18.5. The number of hydrogen-bond donors (Lipinski definition) is 0. The van der Waals surface area contributed by atoms with Crippen molar-refractivity contribution in [1.29, 1.82) is 0 Å². The second kappa shape index (κ2) is 7.61. The number of hydrogen-bond acceptors (Lipinski definition) is 0. The molecule has 0 aliphatic rings. The summed E-state index contributed by atoms with van der Waals surface area (Å²) >= 11 is 0. The second-order valence-corrected chi connectivity index (χ2v) is 10.4. The quantitative estimate of drug-likeness (QED) is 0.375. The molecule has 4 aromatic carbocycles. The maximum atomic E-state index is 4.11. The molecule has 0 unspecified atom stereocenters. The van der Waals surface area contributed by atoms with Crippen molar-refractivity contribution in [2.24, 2.45) is 0 Å². The molecule has 0 aliphatic heterocycles. The van der Waals surface area contributed by atoms with E-state index in [-0.39, 0.29) is 0 Å². The van der Waals surface area contributed by atoms with E-state index < -0.39 is 8.07 Å². The first-order chi connectivity index (χ1) is 13.4. The van der Waals surface area contributed by atoms with E-state index in [1.807, 2.05) is 6.08 Å². The van der Waals surface area contributed by atoms with Gasteiger partial charge in [-0.25, -0.2) is 0 Å². The first kappa shape index (κ1) is 17.3. The van der Waals surface area contributed by atoms with E-state index in [0.717, 1.165) is 0 Å². The van der Waals surface area contributed by atoms with Crippen molar-refractivity contribution in [2.45, 2.75) is 0 Å². The lowest BCUT2D eigenvalue weighted by Crippen LogP contribution is -2.75. The largest absolute Gasteiger partial charge is 0.180 e. The summed E-state index contributed by atoms with van der Waals surface area (Å²) in [5.41, 5.74) is 1.21. The highest BCUT2D eigenvalue weighted by Crippen LogP contribution is 2.12. The van der Waals surface area contributed by atoms with Crippen LogP contribution in [0.25, 0.3) is 6.08 Å². The van der Waals surface area contributed by atoms with Crippen molar-refractivity contribution in [3.63, 3.8) is 0 Å². The zero-order valence-corrected chi connectivity index (χ0v) is 16.3. The van der Waals surface area contributed by atoms with Crippen LogP contribution in [0.3, 0.4) is 0 Å². The van der Waals surface area contributed by atoms with Crippen molar-refractivity contribution in [1.82, 2.24) is 0 Å². The summed E-state index contributed by atoms with van der Waals surface area (Å²) < 4.78 is 0. The van der Waals surface area contributed by atoms with Gasteiger partial charge in [-0.1, -0.05) is 128 Å². The van der Waals surface area contributed by atoms with Crippen LogP contribution in [0.15, 0.2) is 122 Å². The predicted molar refractivity (Wildman–Crippen MR) is 120 cm³/mol. The van der Waals surface area contributed by atoms with Crippen LogP contribution >= 0.6 is 0 Å². The normalized spacial score (nSPS) is 11.1. The number of benzene rings is 4. The topological polar surface area (TPSA) is 0 Å². The molecule has 0 amide bonds. The monoisotopic (exact) mass is 362 g/mol. The third-order valence-corrected chi connectivity index (χ3v) is 10.1. The summed E-state index contributed by atoms with van der Waals surface area (Å²) in [4.78, 5) is 0. The molecule has 0 spiro atoms. The fraction of sp³-hybridized carbons (Fsp3) is 0. The Balaban J connectivity index is 2.18. The van der Waals surface area contributed by atoms with Crippen molar-refractivity contribution in [3.8, 4) is 0 Å². The fourth-order valence-electron chi connectivity index (χ4n) is 4.05. The molecular weight excluding hydrogens is 340 g/mol. The highest BCUT2D eigenvalue weighted by Gasteiger charge is 2.42. The Kier molecular flexibility index (Phi) is 4.86. The summed E-state index contributed by atoms with van der Waals surface area (Å²) in [5.74, 6) is 0. The van der Waals surface area contributed by atoms with Crippen molar-refractivity contribution in [2.75, 3.05) is 0 Å². The highest BCUT2D eigenvalue weighted by atomic mass is 28.3. The van der Waals surface area contributed by atoms with E-state index >= 15 is 0 Å². The van der Waals surface area contributed by atoms with Gasteiger partial charge in [-0.15, -0.1) is 0 Å². The van der Waals surface area contributed by atoms with Crippen LogP contribution < -0.4 is 20.7 Å². The molecule has 0 saturated carbocycles. The van der Waals surface area contributed by atoms with Gasteiger partial charge in [0.1, 0.15) is 0 Å². The Morgan fingerprint density at radius 3 is 1.26 bits per heavy atom. The molecule has 0 saturated heterocycles. The lowest BCUT2D eigenvalue weighted by molar-refractivity contribution is 1.65. The Hall–Kier alpha value is -3.16. The smallest absolute Gasteiger partial charge is 0.0985 e. The first-order valence-corrected chi connectivity index (χ1v) is 11.3. The molecule has 0 atom stereocenters. The maximum Gasteiger partial charge on any atom is 0.180 e. The second-order valence-electron chi connectivity index (χ2n) is 6.64. The van der Waals surface area contributed by atoms with Gasteiger partial charge in [0.15, 0.2) is 8.07 Å². The van der Waals surface area contributed by atoms with E-state index in [1.54, 1.807) is 0 Å². The molecule has 0 heterocycles. The van der Waals surface area contributed by atoms with Crippen LogP contribution in [0.2, 0.25) is 0 Å². The zero-order valence-electron chi connectivity index (χ0n) is 15.3. The van der Waals surface area contributed by atoms with Gasteiger partial charge in [-0.3, -0.25) is 0 Å². The number of rotatable bonds is 5. The fourth-order valence-corrected chi connectivity index (χ4v) is 9.02. The Bertz CT molecular complexity index is 925. The molecule has 1 heteroatoms. The molecule has 130 valence electrons. The lowest BCUT2D eigenvalue weighted by atomic mass is 10.2. The van der Waals surface area contributed by atoms with Crippen molar-refractivity contribution in [3.05, 3.63) is 127 Å². The van der Waals surface area contributed by atoms with Crippen molar-refractivity contribution >= 4 is 34.9 Å². The first-order valence-electron chi connectivity index (χ1n) is 9.26. The Labute approximate surface area is 162 Å². The van der Waals surface area contributed by atoms with E-state index in [0.29, 0.717) is 0 Å². The molecule has 27 heavy (non-hydrogen) atoms. The van der Waals surface area contributed by atoms with E-state index in [4.69, 9.17) is 0 Å². The molecule has 0 N–H and O–H groups in total. The van der Waals surface area contributed by atoms with Gasteiger partial charge in [0.25, 0.3) is 0 Å². The molecule has 0 bridgehead atoms. The molecule has 0 aromatic heterocycles. The van der Waals surface area contributed by atoms with Crippen LogP contribution in [-0.2, 0) is 0 Å².